The van der Waals surface area contributed by atoms with E-state index in [0.717, 1.165) is 17.0 Å². The Bertz CT molecular complexity index is 735. The number of hydrogen-bond acceptors (Lipinski definition) is 3. The van der Waals surface area contributed by atoms with Crippen molar-refractivity contribution >= 4 is 10.0 Å². The van der Waals surface area contributed by atoms with E-state index in [1.165, 1.54) is 6.26 Å². The molecule has 112 valence electrons. The lowest BCUT2D eigenvalue weighted by atomic mass is 10.0. The maximum atomic E-state index is 12.1. The molecule has 1 atom stereocenters. The monoisotopic (exact) mass is 306 g/mol. The molecule has 0 N–H and O–H groups in total. The highest BCUT2D eigenvalue weighted by molar-refractivity contribution is 7.88. The van der Waals surface area contributed by atoms with E-state index in [0.29, 0.717) is 13.1 Å². The molecule has 0 amide bonds. The quantitative estimate of drug-likeness (QED) is 0.870. The smallest absolute Gasteiger partial charge is 0.212 e. The number of rotatable bonds is 3. The summed E-state index contributed by atoms with van der Waals surface area (Å²) in [4.78, 5) is 0. The number of aromatic nitrogens is 1. The van der Waals surface area contributed by atoms with Crippen LogP contribution in [0.1, 0.15) is 17.3 Å². The molecule has 1 aromatic carbocycles. The largest absolute Gasteiger partial charge is 0.497 e. The van der Waals surface area contributed by atoms with Crippen molar-refractivity contribution in [3.05, 3.63) is 53.9 Å². The average molecular weight is 306 g/mol. The maximum Gasteiger partial charge on any atom is 0.212 e. The Kier molecular flexibility index (Phi) is 3.51. The fourth-order valence-corrected chi connectivity index (χ4v) is 3.87. The molecule has 0 spiro atoms. The van der Waals surface area contributed by atoms with Crippen LogP contribution in [0, 0.1) is 0 Å². The number of benzene rings is 1. The number of ether oxygens (including phenoxy) is 1. The van der Waals surface area contributed by atoms with Gasteiger partial charge in [0.05, 0.1) is 19.4 Å². The molecule has 2 aromatic rings. The maximum absolute atomic E-state index is 12.1. The molecule has 0 saturated heterocycles. The highest BCUT2D eigenvalue weighted by Crippen LogP contribution is 2.34. The molecule has 1 unspecified atom stereocenters. The SMILES string of the molecule is COc1ccc(C2c3cccn3CCN2S(C)(=O)=O)cc1. The van der Waals surface area contributed by atoms with Gasteiger partial charge in [-0.05, 0) is 29.8 Å². The first kappa shape index (κ1) is 14.2. The summed E-state index contributed by atoms with van der Waals surface area (Å²) in [7, 11) is -1.66. The molecule has 0 saturated carbocycles. The van der Waals surface area contributed by atoms with Gasteiger partial charge in [-0.3, -0.25) is 0 Å². The third kappa shape index (κ3) is 2.56. The topological polar surface area (TPSA) is 51.5 Å². The normalized spacial score (nSPS) is 19.2. The first-order chi connectivity index (χ1) is 10.0. The van der Waals surface area contributed by atoms with Gasteiger partial charge in [0.25, 0.3) is 0 Å². The van der Waals surface area contributed by atoms with Gasteiger partial charge in [0, 0.05) is 25.0 Å². The van der Waals surface area contributed by atoms with E-state index in [1.807, 2.05) is 42.6 Å². The molecular formula is C15H18N2O3S. The lowest BCUT2D eigenvalue weighted by Gasteiger charge is -2.35. The molecule has 1 aliphatic heterocycles. The first-order valence-corrected chi connectivity index (χ1v) is 8.61. The fourth-order valence-electron chi connectivity index (χ4n) is 2.84. The van der Waals surface area contributed by atoms with Gasteiger partial charge in [0.1, 0.15) is 5.75 Å². The van der Waals surface area contributed by atoms with Crippen LogP contribution in [0.25, 0.3) is 0 Å². The first-order valence-electron chi connectivity index (χ1n) is 6.76. The summed E-state index contributed by atoms with van der Waals surface area (Å²) >= 11 is 0. The van der Waals surface area contributed by atoms with Gasteiger partial charge in [-0.2, -0.15) is 4.31 Å². The van der Waals surface area contributed by atoms with Crippen LogP contribution >= 0.6 is 0 Å². The minimum Gasteiger partial charge on any atom is -0.497 e. The highest BCUT2D eigenvalue weighted by Gasteiger charge is 2.34. The van der Waals surface area contributed by atoms with Crippen LogP contribution < -0.4 is 4.74 Å². The Hall–Kier alpha value is -1.79. The van der Waals surface area contributed by atoms with Crippen LogP contribution in [-0.2, 0) is 16.6 Å². The molecule has 21 heavy (non-hydrogen) atoms. The summed E-state index contributed by atoms with van der Waals surface area (Å²) in [5, 5.41) is 0. The average Bonchev–Trinajstić information content (AvgIpc) is 2.94. The van der Waals surface area contributed by atoms with Gasteiger partial charge in [0.15, 0.2) is 0 Å². The van der Waals surface area contributed by atoms with E-state index < -0.39 is 10.0 Å². The lowest BCUT2D eigenvalue weighted by Crippen LogP contribution is -2.41. The van der Waals surface area contributed by atoms with Crippen LogP contribution in [-0.4, -0.2) is 37.2 Å². The second kappa shape index (κ2) is 5.20. The standard InChI is InChI=1S/C15H18N2O3S/c1-20-13-7-5-12(6-8-13)15-14-4-3-9-16(14)10-11-17(15)21(2,18)19/h3-9,15H,10-11H2,1-2H3. The van der Waals surface area contributed by atoms with E-state index in [4.69, 9.17) is 4.74 Å². The molecule has 0 radical (unpaired) electrons. The molecule has 2 heterocycles. The summed E-state index contributed by atoms with van der Waals surface area (Å²) in [5.41, 5.74) is 1.94. The molecule has 1 aliphatic rings. The zero-order chi connectivity index (χ0) is 15.0. The van der Waals surface area contributed by atoms with Crippen molar-refractivity contribution in [2.24, 2.45) is 0 Å². The number of nitrogens with zero attached hydrogens (tertiary/aromatic N) is 2. The van der Waals surface area contributed by atoms with Crippen molar-refractivity contribution in [2.75, 3.05) is 19.9 Å². The summed E-state index contributed by atoms with van der Waals surface area (Å²) in [6.45, 7) is 1.17. The van der Waals surface area contributed by atoms with Gasteiger partial charge in [-0.25, -0.2) is 8.42 Å². The highest BCUT2D eigenvalue weighted by atomic mass is 32.2. The zero-order valence-electron chi connectivity index (χ0n) is 12.1. The second-order valence-electron chi connectivity index (χ2n) is 5.18. The van der Waals surface area contributed by atoms with Gasteiger partial charge < -0.3 is 9.30 Å². The molecule has 0 fully saturated rings. The lowest BCUT2D eigenvalue weighted by molar-refractivity contribution is 0.300. The van der Waals surface area contributed by atoms with Crippen LogP contribution in [0.2, 0.25) is 0 Å². The Balaban J connectivity index is 2.09. The molecule has 3 rings (SSSR count). The van der Waals surface area contributed by atoms with E-state index in [1.54, 1.807) is 11.4 Å². The van der Waals surface area contributed by atoms with Gasteiger partial charge >= 0.3 is 0 Å². The van der Waals surface area contributed by atoms with E-state index >= 15 is 0 Å². The van der Waals surface area contributed by atoms with Crippen molar-refractivity contribution in [1.82, 2.24) is 8.87 Å². The minimum absolute atomic E-state index is 0.283. The summed E-state index contributed by atoms with van der Waals surface area (Å²) in [6, 6.07) is 11.2. The Labute approximate surface area is 124 Å². The second-order valence-corrected chi connectivity index (χ2v) is 7.11. The zero-order valence-corrected chi connectivity index (χ0v) is 12.9. The van der Waals surface area contributed by atoms with Crippen molar-refractivity contribution in [1.29, 1.82) is 0 Å². The van der Waals surface area contributed by atoms with Crippen LogP contribution in [0.4, 0.5) is 0 Å². The van der Waals surface area contributed by atoms with Crippen molar-refractivity contribution in [2.45, 2.75) is 12.6 Å². The van der Waals surface area contributed by atoms with Crippen molar-refractivity contribution in [3.63, 3.8) is 0 Å². The molecule has 6 heteroatoms. The Morgan fingerprint density at radius 1 is 1.14 bits per heavy atom. The molecule has 1 aromatic heterocycles. The van der Waals surface area contributed by atoms with Gasteiger partial charge in [0.2, 0.25) is 10.0 Å². The summed E-state index contributed by atoms with van der Waals surface area (Å²) < 4.78 is 33.1. The van der Waals surface area contributed by atoms with Crippen LogP contribution in [0.5, 0.6) is 5.75 Å². The summed E-state index contributed by atoms with van der Waals surface area (Å²) in [5.74, 6) is 0.760. The van der Waals surface area contributed by atoms with Crippen molar-refractivity contribution < 1.29 is 13.2 Å². The number of methoxy groups -OCH3 is 1. The van der Waals surface area contributed by atoms with Gasteiger partial charge in [-0.15, -0.1) is 0 Å². The number of hydrogen-bond donors (Lipinski definition) is 0. The predicted octanol–water partition coefficient (Wildman–Crippen LogP) is 1.86. The molecule has 5 nitrogen and oxygen atoms in total. The van der Waals surface area contributed by atoms with Crippen molar-refractivity contribution in [3.8, 4) is 5.75 Å². The van der Waals surface area contributed by atoms with Gasteiger partial charge in [-0.1, -0.05) is 12.1 Å². The van der Waals surface area contributed by atoms with Crippen LogP contribution in [0.3, 0.4) is 0 Å². The van der Waals surface area contributed by atoms with E-state index in [-0.39, 0.29) is 6.04 Å². The minimum atomic E-state index is -3.27. The fraction of sp³-hybridized carbons (Fsp3) is 0.333. The predicted molar refractivity (Wildman–Crippen MR) is 80.8 cm³/mol. The number of sulfonamides is 1. The van der Waals surface area contributed by atoms with Crippen LogP contribution in [0.15, 0.2) is 42.6 Å². The molecule has 0 aliphatic carbocycles. The Morgan fingerprint density at radius 3 is 2.48 bits per heavy atom. The Morgan fingerprint density at radius 2 is 1.86 bits per heavy atom. The summed E-state index contributed by atoms with van der Waals surface area (Å²) in [6.07, 6.45) is 3.26. The third-order valence-electron chi connectivity index (χ3n) is 3.85. The van der Waals surface area contributed by atoms with E-state index in [2.05, 4.69) is 4.57 Å². The molecule has 0 bridgehead atoms. The number of fused-ring (bicyclic) bond motifs is 1. The van der Waals surface area contributed by atoms with E-state index in [9.17, 15) is 8.42 Å². The molecular weight excluding hydrogens is 288 g/mol. The third-order valence-corrected chi connectivity index (χ3v) is 5.10.